The Bertz CT molecular complexity index is 1010. The minimum absolute atomic E-state index is 0.0395. The summed E-state index contributed by atoms with van der Waals surface area (Å²) in [4.78, 5) is 27.8. The fourth-order valence-electron chi connectivity index (χ4n) is 2.76. The topological polar surface area (TPSA) is 82.5 Å². The lowest BCUT2D eigenvalue weighted by Crippen LogP contribution is -2.26. The number of hydrogen-bond acceptors (Lipinski definition) is 6. The Kier molecular flexibility index (Phi) is 7.02. The molecular formula is C21H23N3O4S. The van der Waals surface area contributed by atoms with Crippen molar-refractivity contribution in [1.29, 1.82) is 0 Å². The van der Waals surface area contributed by atoms with Gasteiger partial charge >= 0.3 is 4.87 Å². The molecule has 0 aliphatic heterocycles. The highest BCUT2D eigenvalue weighted by molar-refractivity contribution is 7.07. The Morgan fingerprint density at radius 3 is 2.66 bits per heavy atom. The molecule has 0 aliphatic rings. The zero-order chi connectivity index (χ0) is 20.6. The van der Waals surface area contributed by atoms with E-state index in [0.29, 0.717) is 31.2 Å². The standard InChI is InChI=1S/C21H23N3O4S/c1-15-14-29-21(26)24(15)10-7-20(25)23-12-17-3-4-18(19(11-17)27-2)28-13-16-5-8-22-9-6-16/h3-6,8-9,11,14H,7,10,12-13H2,1-2H3,(H,23,25). The molecule has 2 aromatic heterocycles. The molecule has 3 aromatic rings. The van der Waals surface area contributed by atoms with Crippen LogP contribution in [-0.2, 0) is 24.5 Å². The second-order valence-electron chi connectivity index (χ2n) is 6.45. The van der Waals surface area contributed by atoms with E-state index >= 15 is 0 Å². The zero-order valence-corrected chi connectivity index (χ0v) is 17.2. The smallest absolute Gasteiger partial charge is 0.307 e. The molecule has 0 spiro atoms. The number of amides is 1. The van der Waals surface area contributed by atoms with Gasteiger partial charge in [0.2, 0.25) is 5.91 Å². The second-order valence-corrected chi connectivity index (χ2v) is 7.27. The van der Waals surface area contributed by atoms with Crippen molar-refractivity contribution >= 4 is 17.2 Å². The highest BCUT2D eigenvalue weighted by Crippen LogP contribution is 2.28. The van der Waals surface area contributed by atoms with Gasteiger partial charge in [-0.05, 0) is 42.3 Å². The normalized spacial score (nSPS) is 10.6. The number of aryl methyl sites for hydroxylation is 1. The van der Waals surface area contributed by atoms with Gasteiger partial charge in [-0.1, -0.05) is 17.4 Å². The molecule has 0 unspecified atom stereocenters. The van der Waals surface area contributed by atoms with Crippen molar-refractivity contribution in [2.45, 2.75) is 33.0 Å². The molecule has 1 amide bonds. The summed E-state index contributed by atoms with van der Waals surface area (Å²) < 4.78 is 12.9. The highest BCUT2D eigenvalue weighted by atomic mass is 32.1. The largest absolute Gasteiger partial charge is 0.493 e. The Morgan fingerprint density at radius 1 is 1.17 bits per heavy atom. The van der Waals surface area contributed by atoms with Gasteiger partial charge in [-0.25, -0.2) is 0 Å². The number of ether oxygens (including phenoxy) is 2. The fraction of sp³-hybridized carbons (Fsp3) is 0.286. The molecule has 152 valence electrons. The van der Waals surface area contributed by atoms with Crippen LogP contribution in [0.5, 0.6) is 11.5 Å². The van der Waals surface area contributed by atoms with Gasteiger partial charge in [-0.2, -0.15) is 0 Å². The molecular weight excluding hydrogens is 390 g/mol. The summed E-state index contributed by atoms with van der Waals surface area (Å²) in [7, 11) is 1.58. The molecule has 8 heteroatoms. The molecule has 0 aliphatic carbocycles. The van der Waals surface area contributed by atoms with Crippen LogP contribution >= 0.6 is 11.3 Å². The third-order valence-corrected chi connectivity index (χ3v) is 5.28. The van der Waals surface area contributed by atoms with Crippen molar-refractivity contribution in [1.82, 2.24) is 14.9 Å². The average molecular weight is 413 g/mol. The molecule has 1 aromatic carbocycles. The number of pyridine rings is 1. The van der Waals surface area contributed by atoms with Gasteiger partial charge in [-0.3, -0.25) is 14.6 Å². The summed E-state index contributed by atoms with van der Waals surface area (Å²) in [5, 5.41) is 4.67. The number of rotatable bonds is 9. The Labute approximate surface area is 172 Å². The molecule has 29 heavy (non-hydrogen) atoms. The Balaban J connectivity index is 1.53. The summed E-state index contributed by atoms with van der Waals surface area (Å²) in [5.41, 5.74) is 2.79. The number of methoxy groups -OCH3 is 1. The monoisotopic (exact) mass is 413 g/mol. The van der Waals surface area contributed by atoms with Gasteiger partial charge in [-0.15, -0.1) is 0 Å². The maximum absolute atomic E-state index is 12.1. The van der Waals surface area contributed by atoms with Crippen molar-refractivity contribution < 1.29 is 14.3 Å². The lowest BCUT2D eigenvalue weighted by molar-refractivity contribution is -0.121. The van der Waals surface area contributed by atoms with Crippen LogP contribution in [0, 0.1) is 6.92 Å². The predicted octanol–water partition coefficient (Wildman–Crippen LogP) is 2.91. The lowest BCUT2D eigenvalue weighted by Gasteiger charge is -2.13. The average Bonchev–Trinajstić information content (AvgIpc) is 3.07. The first kappa shape index (κ1) is 20.6. The first-order chi connectivity index (χ1) is 14.1. The van der Waals surface area contributed by atoms with Crippen molar-refractivity contribution in [3.8, 4) is 11.5 Å². The Hall–Kier alpha value is -3.13. The molecule has 7 nitrogen and oxygen atoms in total. The maximum Gasteiger partial charge on any atom is 0.307 e. The number of carbonyl (C=O) groups is 1. The van der Waals surface area contributed by atoms with Crippen LogP contribution in [0.2, 0.25) is 0 Å². The summed E-state index contributed by atoms with van der Waals surface area (Å²) in [6, 6.07) is 9.34. The first-order valence-electron chi connectivity index (χ1n) is 9.17. The number of aromatic nitrogens is 2. The molecule has 1 N–H and O–H groups in total. The van der Waals surface area contributed by atoms with Crippen LogP contribution in [0.4, 0.5) is 0 Å². The van der Waals surface area contributed by atoms with E-state index in [9.17, 15) is 9.59 Å². The van der Waals surface area contributed by atoms with Crippen LogP contribution in [0.25, 0.3) is 0 Å². The van der Waals surface area contributed by atoms with E-state index < -0.39 is 0 Å². The Morgan fingerprint density at radius 2 is 1.97 bits per heavy atom. The maximum atomic E-state index is 12.1. The molecule has 3 rings (SSSR count). The van der Waals surface area contributed by atoms with Crippen LogP contribution in [-0.4, -0.2) is 22.6 Å². The highest BCUT2D eigenvalue weighted by Gasteiger charge is 2.09. The van der Waals surface area contributed by atoms with E-state index in [1.165, 1.54) is 0 Å². The van der Waals surface area contributed by atoms with Gasteiger partial charge in [0.25, 0.3) is 0 Å². The van der Waals surface area contributed by atoms with Gasteiger partial charge in [0.1, 0.15) is 6.61 Å². The number of benzene rings is 1. The minimum Gasteiger partial charge on any atom is -0.493 e. The molecule has 0 atom stereocenters. The second kappa shape index (κ2) is 9.88. The molecule has 0 bridgehead atoms. The van der Waals surface area contributed by atoms with Crippen LogP contribution in [0.1, 0.15) is 23.2 Å². The SMILES string of the molecule is COc1cc(CNC(=O)CCn2c(C)csc2=O)ccc1OCc1ccncc1. The van der Waals surface area contributed by atoms with E-state index in [1.807, 2.05) is 37.3 Å². The number of hydrogen-bond donors (Lipinski definition) is 1. The van der Waals surface area contributed by atoms with E-state index in [0.717, 1.165) is 28.2 Å². The third-order valence-electron chi connectivity index (χ3n) is 4.40. The van der Waals surface area contributed by atoms with Crippen LogP contribution < -0.4 is 19.7 Å². The quantitative estimate of drug-likeness (QED) is 0.583. The predicted molar refractivity (Wildman–Crippen MR) is 111 cm³/mol. The van der Waals surface area contributed by atoms with Crippen molar-refractivity contribution in [3.63, 3.8) is 0 Å². The number of thiazole rings is 1. The summed E-state index contributed by atoms with van der Waals surface area (Å²) >= 11 is 1.15. The number of nitrogens with one attached hydrogen (secondary N) is 1. The van der Waals surface area contributed by atoms with Crippen LogP contribution in [0.15, 0.2) is 52.9 Å². The lowest BCUT2D eigenvalue weighted by atomic mass is 10.2. The van der Waals surface area contributed by atoms with E-state index in [-0.39, 0.29) is 17.2 Å². The molecule has 0 radical (unpaired) electrons. The van der Waals surface area contributed by atoms with Gasteiger partial charge < -0.3 is 19.4 Å². The number of carbonyl (C=O) groups excluding carboxylic acids is 1. The van der Waals surface area contributed by atoms with E-state index in [1.54, 1.807) is 29.5 Å². The first-order valence-corrected chi connectivity index (χ1v) is 10.0. The van der Waals surface area contributed by atoms with Gasteiger partial charge in [0.05, 0.1) is 7.11 Å². The zero-order valence-electron chi connectivity index (χ0n) is 16.4. The van der Waals surface area contributed by atoms with Crippen molar-refractivity contribution in [2.75, 3.05) is 7.11 Å². The molecule has 0 saturated carbocycles. The fourth-order valence-corrected chi connectivity index (χ4v) is 3.52. The van der Waals surface area contributed by atoms with E-state index in [2.05, 4.69) is 10.3 Å². The van der Waals surface area contributed by atoms with Crippen molar-refractivity contribution in [2.24, 2.45) is 0 Å². The summed E-state index contributed by atoms with van der Waals surface area (Å²) in [6.07, 6.45) is 3.69. The van der Waals surface area contributed by atoms with Crippen LogP contribution in [0.3, 0.4) is 0 Å². The molecule has 0 saturated heterocycles. The van der Waals surface area contributed by atoms with Gasteiger partial charge in [0.15, 0.2) is 11.5 Å². The molecule has 0 fully saturated rings. The van der Waals surface area contributed by atoms with Gasteiger partial charge in [0, 0.05) is 43.0 Å². The van der Waals surface area contributed by atoms with Crippen molar-refractivity contribution in [3.05, 3.63) is 74.6 Å². The van der Waals surface area contributed by atoms with E-state index in [4.69, 9.17) is 9.47 Å². The number of nitrogens with zero attached hydrogens (tertiary/aromatic N) is 2. The summed E-state index contributed by atoms with van der Waals surface area (Å²) in [5.74, 6) is 1.12. The third kappa shape index (κ3) is 5.68. The molecule has 2 heterocycles. The summed E-state index contributed by atoms with van der Waals surface area (Å²) in [6.45, 7) is 3.03. The minimum atomic E-state index is -0.112.